The molecule has 0 aliphatic heterocycles. The van der Waals surface area contributed by atoms with E-state index >= 15 is 0 Å². The first kappa shape index (κ1) is 26.8. The number of hydrogen-bond donors (Lipinski definition) is 2. The molecule has 0 aliphatic rings. The van der Waals surface area contributed by atoms with Crippen LogP contribution >= 0.6 is 0 Å². The Morgan fingerprint density at radius 3 is 1.48 bits per heavy atom. The van der Waals surface area contributed by atoms with Gasteiger partial charge in [-0.2, -0.15) is 0 Å². The number of nitrogens with one attached hydrogen (secondary N) is 2. The second-order valence-corrected chi connectivity index (χ2v) is 9.65. The van der Waals surface area contributed by atoms with E-state index in [0.29, 0.717) is 5.69 Å². The quantitative estimate of drug-likeness (QED) is 0.0811. The molecule has 0 fully saturated rings. The molecule has 0 aliphatic carbocycles. The van der Waals surface area contributed by atoms with E-state index in [2.05, 4.69) is 9.97 Å². The SMILES string of the molecule is O=C(/C=C(/OB(F)F)c1ccc(-c2ccccc2-c2ccccc2)[nH]1)c1ccc(-c2ccccc2-c2ccccc2)[nH]1. The summed E-state index contributed by atoms with van der Waals surface area (Å²) >= 11 is 0. The molecule has 7 heteroatoms. The van der Waals surface area contributed by atoms with Gasteiger partial charge in [0.2, 0.25) is 5.78 Å². The predicted octanol–water partition coefficient (Wildman–Crippen LogP) is 9.18. The summed E-state index contributed by atoms with van der Waals surface area (Å²) in [4.78, 5) is 19.6. The molecule has 6 aromatic rings. The van der Waals surface area contributed by atoms with Crippen LogP contribution in [0.25, 0.3) is 50.5 Å². The van der Waals surface area contributed by atoms with Gasteiger partial charge in [0.15, 0.2) is 0 Å². The minimum atomic E-state index is -3.11. The number of aromatic nitrogens is 2. The average Bonchev–Trinajstić information content (AvgIpc) is 3.73. The largest absolute Gasteiger partial charge is 0.796 e. The van der Waals surface area contributed by atoms with Gasteiger partial charge in [0.1, 0.15) is 5.76 Å². The van der Waals surface area contributed by atoms with Crippen LogP contribution in [0.1, 0.15) is 16.2 Å². The predicted molar refractivity (Wildman–Crippen MR) is 165 cm³/mol. The summed E-state index contributed by atoms with van der Waals surface area (Å²) in [5, 5.41) is 0. The minimum absolute atomic E-state index is 0.251. The van der Waals surface area contributed by atoms with Gasteiger partial charge in [-0.3, -0.25) is 4.79 Å². The zero-order valence-corrected chi connectivity index (χ0v) is 22.4. The van der Waals surface area contributed by atoms with E-state index in [0.717, 1.165) is 45.2 Å². The number of halogens is 2. The van der Waals surface area contributed by atoms with Crippen molar-refractivity contribution >= 4 is 19.0 Å². The molecule has 4 nitrogen and oxygen atoms in total. The Bertz CT molecular complexity index is 1860. The number of aromatic amines is 2. The average molecular weight is 554 g/mol. The molecule has 0 unspecified atom stereocenters. The molecule has 0 saturated heterocycles. The van der Waals surface area contributed by atoms with E-state index in [4.69, 9.17) is 4.65 Å². The maximum absolute atomic E-state index is 13.5. The van der Waals surface area contributed by atoms with E-state index in [1.165, 1.54) is 0 Å². The third-order valence-electron chi connectivity index (χ3n) is 6.99. The van der Waals surface area contributed by atoms with Crippen molar-refractivity contribution in [2.75, 3.05) is 0 Å². The summed E-state index contributed by atoms with van der Waals surface area (Å²) in [6.45, 7) is 0. The summed E-state index contributed by atoms with van der Waals surface area (Å²) in [5.74, 6) is -0.741. The van der Waals surface area contributed by atoms with Crippen LogP contribution in [0.15, 0.2) is 140 Å². The fourth-order valence-corrected chi connectivity index (χ4v) is 5.03. The van der Waals surface area contributed by atoms with Crippen molar-refractivity contribution in [2.45, 2.75) is 0 Å². The molecule has 0 amide bonds. The Kier molecular flexibility index (Phi) is 7.64. The van der Waals surface area contributed by atoms with Gasteiger partial charge in [0.05, 0.1) is 11.4 Å². The highest BCUT2D eigenvalue weighted by Gasteiger charge is 2.23. The fraction of sp³-hybridized carbons (Fsp3) is 0. The number of rotatable bonds is 9. The maximum Gasteiger partial charge on any atom is 0.796 e. The molecular weight excluding hydrogens is 529 g/mol. The third-order valence-corrected chi connectivity index (χ3v) is 6.99. The molecule has 4 aromatic carbocycles. The summed E-state index contributed by atoms with van der Waals surface area (Å²) in [6.07, 6.45) is 1.09. The van der Waals surface area contributed by atoms with Crippen LogP contribution in [0.2, 0.25) is 0 Å². The molecule has 2 aromatic heterocycles. The molecular formula is C35H25BF2N2O2. The first-order chi connectivity index (χ1) is 20.6. The standard InChI is InChI=1S/C35H25BF2N2O2/c37-36(38)42-35(33-22-20-31(40-33)29-18-10-8-16-27(29)25-13-5-2-6-14-25)23-34(41)32-21-19-30(39-32)28-17-9-7-15-26(28)24-11-3-1-4-12-24/h1-23,39-40H/b35-23+. The topological polar surface area (TPSA) is 57.9 Å². The second-order valence-electron chi connectivity index (χ2n) is 9.65. The number of H-pyrrole nitrogens is 2. The first-order valence-electron chi connectivity index (χ1n) is 13.5. The van der Waals surface area contributed by atoms with E-state index < -0.39 is 13.3 Å². The number of ketones is 1. The lowest BCUT2D eigenvalue weighted by molar-refractivity contribution is 0.104. The molecule has 42 heavy (non-hydrogen) atoms. The Labute approximate surface area is 242 Å². The van der Waals surface area contributed by atoms with Gasteiger partial charge < -0.3 is 14.6 Å². The van der Waals surface area contributed by atoms with E-state index in [1.807, 2.05) is 115 Å². The van der Waals surface area contributed by atoms with Crippen LogP contribution < -0.4 is 0 Å². The van der Waals surface area contributed by atoms with Crippen LogP contribution in [0.5, 0.6) is 0 Å². The number of hydrogen-bond acceptors (Lipinski definition) is 2. The smallest absolute Gasteiger partial charge is 0.503 e. The maximum atomic E-state index is 13.5. The molecule has 0 atom stereocenters. The number of carbonyl (C=O) groups excluding carboxylic acids is 1. The Morgan fingerprint density at radius 2 is 0.976 bits per heavy atom. The van der Waals surface area contributed by atoms with Crippen LogP contribution in [-0.4, -0.2) is 23.2 Å². The number of benzene rings is 4. The van der Waals surface area contributed by atoms with Gasteiger partial charge in [0, 0.05) is 28.6 Å². The molecule has 204 valence electrons. The van der Waals surface area contributed by atoms with E-state index in [9.17, 15) is 13.4 Å². The fourth-order valence-electron chi connectivity index (χ4n) is 5.03. The lowest BCUT2D eigenvalue weighted by Crippen LogP contribution is -2.07. The van der Waals surface area contributed by atoms with Crippen molar-refractivity contribution in [3.05, 3.63) is 151 Å². The second kappa shape index (κ2) is 12.0. The third kappa shape index (κ3) is 5.72. The van der Waals surface area contributed by atoms with Gasteiger partial charge in [0.25, 0.3) is 0 Å². The Hall–Kier alpha value is -5.43. The minimum Gasteiger partial charge on any atom is -0.503 e. The number of allylic oxidation sites excluding steroid dienone is 1. The zero-order valence-electron chi connectivity index (χ0n) is 22.4. The highest BCUT2D eigenvalue weighted by Crippen LogP contribution is 2.34. The van der Waals surface area contributed by atoms with Gasteiger partial charge >= 0.3 is 7.47 Å². The monoisotopic (exact) mass is 554 g/mol. The first-order valence-corrected chi connectivity index (χ1v) is 13.5. The van der Waals surface area contributed by atoms with Crippen LogP contribution in [-0.2, 0) is 4.65 Å². The van der Waals surface area contributed by atoms with Crippen molar-refractivity contribution in [2.24, 2.45) is 0 Å². The highest BCUT2D eigenvalue weighted by atomic mass is 19.2. The zero-order chi connectivity index (χ0) is 28.9. The summed E-state index contributed by atoms with van der Waals surface area (Å²) in [6, 6.07) is 42.4. The van der Waals surface area contributed by atoms with E-state index in [-0.39, 0.29) is 17.1 Å². The summed E-state index contributed by atoms with van der Waals surface area (Å²) in [5.41, 5.74) is 7.83. The van der Waals surface area contributed by atoms with Crippen LogP contribution in [0.3, 0.4) is 0 Å². The van der Waals surface area contributed by atoms with Crippen molar-refractivity contribution < 1.29 is 18.1 Å². The Balaban J connectivity index is 1.31. The highest BCUT2D eigenvalue weighted by molar-refractivity contribution is 6.36. The van der Waals surface area contributed by atoms with Crippen molar-refractivity contribution in [3.8, 4) is 44.8 Å². The molecule has 2 heterocycles. The van der Waals surface area contributed by atoms with Crippen LogP contribution in [0.4, 0.5) is 8.63 Å². The summed E-state index contributed by atoms with van der Waals surface area (Å²) < 4.78 is 31.8. The van der Waals surface area contributed by atoms with E-state index in [1.54, 1.807) is 18.2 Å². The molecule has 0 saturated carbocycles. The molecule has 0 bridgehead atoms. The van der Waals surface area contributed by atoms with Gasteiger partial charge in [-0.05, 0) is 46.5 Å². The Morgan fingerprint density at radius 1 is 0.548 bits per heavy atom. The van der Waals surface area contributed by atoms with Gasteiger partial charge in [-0.15, -0.1) is 0 Å². The van der Waals surface area contributed by atoms with Crippen LogP contribution in [0, 0.1) is 0 Å². The lowest BCUT2D eigenvalue weighted by atomic mass is 9.98. The van der Waals surface area contributed by atoms with Gasteiger partial charge in [-0.1, -0.05) is 109 Å². The normalized spacial score (nSPS) is 11.3. The van der Waals surface area contributed by atoms with Crippen molar-refractivity contribution in [1.29, 1.82) is 0 Å². The number of carbonyl (C=O) groups is 1. The summed E-state index contributed by atoms with van der Waals surface area (Å²) in [7, 11) is -3.11. The molecule has 0 spiro atoms. The van der Waals surface area contributed by atoms with Crippen molar-refractivity contribution in [3.63, 3.8) is 0 Å². The van der Waals surface area contributed by atoms with Gasteiger partial charge in [-0.25, -0.2) is 8.63 Å². The van der Waals surface area contributed by atoms with Crippen molar-refractivity contribution in [1.82, 2.24) is 9.97 Å². The molecule has 6 rings (SSSR count). The lowest BCUT2D eigenvalue weighted by Gasteiger charge is -2.10. The molecule has 2 N–H and O–H groups in total. The molecule has 0 radical (unpaired) electrons.